The molecule has 6 nitrogen and oxygen atoms in total. The largest absolute Gasteiger partial charge is 0.317 e. The van der Waals surface area contributed by atoms with Gasteiger partial charge < -0.3 is 4.57 Å². The molecule has 1 aromatic heterocycles. The van der Waals surface area contributed by atoms with E-state index in [4.69, 9.17) is 0 Å². The maximum absolute atomic E-state index is 12.9. The summed E-state index contributed by atoms with van der Waals surface area (Å²) in [7, 11) is -1.92. The summed E-state index contributed by atoms with van der Waals surface area (Å²) in [4.78, 5) is 18.1. The molecule has 1 aliphatic rings. The minimum absolute atomic E-state index is 0.0565. The average Bonchev–Trinajstić information content (AvgIpc) is 3.41. The lowest BCUT2D eigenvalue weighted by Gasteiger charge is -2.23. The van der Waals surface area contributed by atoms with Gasteiger partial charge in [0.1, 0.15) is 0 Å². The molecule has 1 amide bonds. The molecule has 8 heteroatoms. The second-order valence-electron chi connectivity index (χ2n) is 8.43. The molecule has 0 saturated heterocycles. The number of sulfonamides is 1. The summed E-state index contributed by atoms with van der Waals surface area (Å²) in [6.07, 6.45) is 3.93. The number of rotatable bonds is 5. The van der Waals surface area contributed by atoms with Gasteiger partial charge in [0.15, 0.2) is 4.80 Å². The van der Waals surface area contributed by atoms with Crippen LogP contribution in [0.5, 0.6) is 0 Å². The predicted octanol–water partition coefficient (Wildman–Crippen LogP) is 4.64. The van der Waals surface area contributed by atoms with Crippen LogP contribution in [0.25, 0.3) is 10.2 Å². The molecule has 170 valence electrons. The third kappa shape index (κ3) is 4.19. The van der Waals surface area contributed by atoms with Gasteiger partial charge in [-0.15, -0.1) is 0 Å². The molecule has 1 aliphatic carbocycles. The molecule has 1 heterocycles. The van der Waals surface area contributed by atoms with Crippen LogP contribution in [0.4, 0.5) is 0 Å². The first-order valence-electron chi connectivity index (χ1n) is 11.0. The fourth-order valence-electron chi connectivity index (χ4n) is 4.26. The van der Waals surface area contributed by atoms with Gasteiger partial charge in [-0.1, -0.05) is 24.2 Å². The SMILES string of the molecule is CCn1c(=NC(=O)c2ccc(S(=O)(=O)N(C)C3CCCC3)cc2)sc2cc(C)c(C)cc21. The predicted molar refractivity (Wildman–Crippen MR) is 129 cm³/mol. The van der Waals surface area contributed by atoms with E-state index in [1.54, 1.807) is 19.2 Å². The minimum atomic E-state index is -3.57. The molecule has 1 saturated carbocycles. The lowest BCUT2D eigenvalue weighted by Crippen LogP contribution is -2.35. The second kappa shape index (κ2) is 8.92. The maximum atomic E-state index is 12.9. The number of fused-ring (bicyclic) bond motifs is 1. The number of nitrogens with zero attached hydrogens (tertiary/aromatic N) is 3. The van der Waals surface area contributed by atoms with Crippen molar-refractivity contribution in [3.8, 4) is 0 Å². The van der Waals surface area contributed by atoms with Gasteiger partial charge in [0.25, 0.3) is 5.91 Å². The van der Waals surface area contributed by atoms with Crippen molar-refractivity contribution in [2.45, 2.75) is 63.9 Å². The standard InChI is InChI=1S/C24H29N3O3S2/c1-5-27-21-14-16(2)17(3)15-22(21)31-24(27)25-23(28)18-10-12-20(13-11-18)32(29,30)26(4)19-8-6-7-9-19/h10-15,19H,5-9H2,1-4H3. The van der Waals surface area contributed by atoms with Crippen LogP contribution in [-0.4, -0.2) is 36.3 Å². The third-order valence-electron chi connectivity index (χ3n) is 6.43. The van der Waals surface area contributed by atoms with E-state index in [0.717, 1.165) is 35.9 Å². The first-order valence-corrected chi connectivity index (χ1v) is 13.3. The van der Waals surface area contributed by atoms with Crippen molar-refractivity contribution in [1.29, 1.82) is 0 Å². The van der Waals surface area contributed by atoms with Crippen molar-refractivity contribution < 1.29 is 13.2 Å². The average molecular weight is 472 g/mol. The smallest absolute Gasteiger partial charge is 0.279 e. The Morgan fingerprint density at radius 1 is 1.12 bits per heavy atom. The summed E-state index contributed by atoms with van der Waals surface area (Å²) in [5, 5.41) is 0. The minimum Gasteiger partial charge on any atom is -0.317 e. The fraction of sp³-hybridized carbons (Fsp3) is 0.417. The monoisotopic (exact) mass is 471 g/mol. The zero-order chi connectivity index (χ0) is 23.0. The quantitative estimate of drug-likeness (QED) is 0.544. The zero-order valence-corrected chi connectivity index (χ0v) is 20.6. The molecule has 3 aromatic rings. The molecule has 0 N–H and O–H groups in total. The Bertz CT molecular complexity index is 1330. The summed E-state index contributed by atoms with van der Waals surface area (Å²) < 4.78 is 30.5. The van der Waals surface area contributed by atoms with Crippen molar-refractivity contribution in [1.82, 2.24) is 8.87 Å². The molecule has 32 heavy (non-hydrogen) atoms. The Balaban J connectivity index is 1.64. The molecule has 1 fully saturated rings. The Hall–Kier alpha value is -2.29. The van der Waals surface area contributed by atoms with Crippen molar-refractivity contribution in [3.05, 3.63) is 57.9 Å². The van der Waals surface area contributed by atoms with Crippen LogP contribution < -0.4 is 4.80 Å². The van der Waals surface area contributed by atoms with E-state index in [9.17, 15) is 13.2 Å². The highest BCUT2D eigenvalue weighted by Gasteiger charge is 2.30. The number of hydrogen-bond donors (Lipinski definition) is 0. The summed E-state index contributed by atoms with van der Waals surface area (Å²) in [5.41, 5.74) is 3.86. The molecule has 0 aliphatic heterocycles. The Labute approximate surface area is 193 Å². The van der Waals surface area contributed by atoms with E-state index in [1.807, 2.05) is 11.5 Å². The van der Waals surface area contributed by atoms with E-state index >= 15 is 0 Å². The Morgan fingerprint density at radius 3 is 2.38 bits per heavy atom. The summed E-state index contributed by atoms with van der Waals surface area (Å²) in [6, 6.07) is 10.4. The first-order chi connectivity index (χ1) is 15.2. The number of aromatic nitrogens is 1. The zero-order valence-electron chi connectivity index (χ0n) is 19.0. The van der Waals surface area contributed by atoms with Crippen molar-refractivity contribution >= 4 is 37.5 Å². The number of aryl methyl sites for hydroxylation is 3. The van der Waals surface area contributed by atoms with Crippen molar-refractivity contribution in [2.75, 3.05) is 7.05 Å². The Kier molecular flexibility index (Phi) is 6.38. The molecular weight excluding hydrogens is 442 g/mol. The number of carbonyl (C=O) groups is 1. The summed E-state index contributed by atoms with van der Waals surface area (Å²) >= 11 is 1.49. The van der Waals surface area contributed by atoms with Crippen LogP contribution >= 0.6 is 11.3 Å². The van der Waals surface area contributed by atoms with Crippen LogP contribution in [-0.2, 0) is 16.6 Å². The van der Waals surface area contributed by atoms with Gasteiger partial charge in [-0.2, -0.15) is 9.30 Å². The molecule has 4 rings (SSSR count). The van der Waals surface area contributed by atoms with Crippen LogP contribution in [0.3, 0.4) is 0 Å². The van der Waals surface area contributed by atoms with Gasteiger partial charge in [0.05, 0.1) is 15.1 Å². The number of thiazole rings is 1. The lowest BCUT2D eigenvalue weighted by atomic mass is 10.1. The molecule has 0 spiro atoms. The summed E-state index contributed by atoms with van der Waals surface area (Å²) in [5.74, 6) is -0.375. The molecule has 0 unspecified atom stereocenters. The lowest BCUT2D eigenvalue weighted by molar-refractivity contribution is 0.0997. The Morgan fingerprint density at radius 2 is 1.75 bits per heavy atom. The molecule has 0 radical (unpaired) electrons. The number of hydrogen-bond acceptors (Lipinski definition) is 4. The highest BCUT2D eigenvalue weighted by Crippen LogP contribution is 2.27. The maximum Gasteiger partial charge on any atom is 0.279 e. The second-order valence-corrected chi connectivity index (χ2v) is 11.4. The van der Waals surface area contributed by atoms with Gasteiger partial charge in [-0.25, -0.2) is 8.42 Å². The van der Waals surface area contributed by atoms with Gasteiger partial charge in [-0.3, -0.25) is 4.79 Å². The van der Waals surface area contributed by atoms with Gasteiger partial charge in [0, 0.05) is 25.2 Å². The van der Waals surface area contributed by atoms with E-state index in [-0.39, 0.29) is 16.8 Å². The van der Waals surface area contributed by atoms with Gasteiger partial charge >= 0.3 is 0 Å². The van der Waals surface area contributed by atoms with Gasteiger partial charge in [0.2, 0.25) is 10.0 Å². The molecule has 0 bridgehead atoms. The molecule has 2 aromatic carbocycles. The number of amides is 1. The summed E-state index contributed by atoms with van der Waals surface area (Å²) in [6.45, 7) is 6.89. The van der Waals surface area contributed by atoms with E-state index < -0.39 is 10.0 Å². The van der Waals surface area contributed by atoms with Crippen molar-refractivity contribution in [2.24, 2.45) is 4.99 Å². The normalized spacial score (nSPS) is 15.8. The van der Waals surface area contributed by atoms with Crippen molar-refractivity contribution in [3.63, 3.8) is 0 Å². The molecule has 0 atom stereocenters. The third-order valence-corrected chi connectivity index (χ3v) is 9.39. The first kappa shape index (κ1) is 22.9. The number of carbonyl (C=O) groups excluding carboxylic acids is 1. The van der Waals surface area contributed by atoms with Crippen LogP contribution in [0, 0.1) is 13.8 Å². The van der Waals surface area contributed by atoms with Crippen LogP contribution in [0.2, 0.25) is 0 Å². The number of benzene rings is 2. The fourth-order valence-corrected chi connectivity index (χ4v) is 6.85. The highest BCUT2D eigenvalue weighted by atomic mass is 32.2. The van der Waals surface area contributed by atoms with E-state index in [0.29, 0.717) is 16.9 Å². The molecular formula is C24H29N3O3S2. The topological polar surface area (TPSA) is 71.7 Å². The van der Waals surface area contributed by atoms with E-state index in [2.05, 4.69) is 31.0 Å². The highest BCUT2D eigenvalue weighted by molar-refractivity contribution is 7.89. The van der Waals surface area contributed by atoms with Crippen LogP contribution in [0.1, 0.15) is 54.1 Å². The van der Waals surface area contributed by atoms with Gasteiger partial charge in [-0.05, 0) is 81.1 Å². The van der Waals surface area contributed by atoms with Crippen LogP contribution in [0.15, 0.2) is 46.3 Å². The van der Waals surface area contributed by atoms with E-state index in [1.165, 1.54) is 38.9 Å².